The Morgan fingerprint density at radius 1 is 1.18 bits per heavy atom. The Morgan fingerprint density at radius 3 is 2.70 bits per heavy atom. The third-order valence-electron chi connectivity index (χ3n) is 7.33. The summed E-state index contributed by atoms with van der Waals surface area (Å²) < 4.78 is 32.0. The van der Waals surface area contributed by atoms with Crippen LogP contribution < -0.4 is 9.46 Å². The summed E-state index contributed by atoms with van der Waals surface area (Å²) in [4.78, 5) is 2.55. The molecule has 2 atom stereocenters. The van der Waals surface area contributed by atoms with Crippen LogP contribution in [0.2, 0.25) is 0 Å². The van der Waals surface area contributed by atoms with E-state index in [1.54, 1.807) is 18.2 Å². The molecule has 7 nitrogen and oxygen atoms in total. The van der Waals surface area contributed by atoms with Crippen molar-refractivity contribution in [3.8, 4) is 11.8 Å². The minimum Gasteiger partial charge on any atom is -0.487 e. The molecule has 1 aliphatic carbocycles. The average Bonchev–Trinajstić information content (AvgIpc) is 2.78. The quantitative estimate of drug-likeness (QED) is 0.719. The largest absolute Gasteiger partial charge is 0.487 e. The number of hydrogen-bond donors (Lipinski definition) is 2. The third kappa shape index (κ3) is 4.58. The van der Waals surface area contributed by atoms with Crippen LogP contribution >= 0.6 is 0 Å². The van der Waals surface area contributed by atoms with Crippen LogP contribution in [0.4, 0.5) is 5.69 Å². The molecule has 5 rings (SSSR count). The van der Waals surface area contributed by atoms with E-state index in [4.69, 9.17) is 10.00 Å². The number of piperidine rings is 1. The first kappa shape index (κ1) is 22.2. The first-order valence-corrected chi connectivity index (χ1v) is 13.4. The second-order valence-corrected chi connectivity index (χ2v) is 11.4. The van der Waals surface area contributed by atoms with Crippen LogP contribution in [0.3, 0.4) is 0 Å². The molecule has 1 fully saturated rings. The van der Waals surface area contributed by atoms with Crippen LogP contribution in [-0.2, 0) is 22.9 Å². The second-order valence-electron chi connectivity index (χ2n) is 9.66. The van der Waals surface area contributed by atoms with Crippen LogP contribution in [0.5, 0.6) is 5.75 Å². The van der Waals surface area contributed by atoms with Gasteiger partial charge in [-0.15, -0.1) is 0 Å². The number of nitriles is 1. The molecule has 0 saturated carbocycles. The van der Waals surface area contributed by atoms with Crippen molar-refractivity contribution in [1.29, 1.82) is 5.26 Å². The summed E-state index contributed by atoms with van der Waals surface area (Å²) >= 11 is 0. The van der Waals surface area contributed by atoms with Gasteiger partial charge < -0.3 is 9.84 Å². The molecule has 1 unspecified atom stereocenters. The van der Waals surface area contributed by atoms with Gasteiger partial charge in [0.2, 0.25) is 10.0 Å². The molecule has 0 radical (unpaired) electrons. The maximum absolute atomic E-state index is 11.5. The number of benzene rings is 2. The van der Waals surface area contributed by atoms with Gasteiger partial charge >= 0.3 is 0 Å². The molecule has 2 heterocycles. The molecule has 0 aromatic heterocycles. The fraction of sp³-hybridized carbons (Fsp3) is 0.480. The Morgan fingerprint density at radius 2 is 1.97 bits per heavy atom. The first-order valence-electron chi connectivity index (χ1n) is 11.5. The zero-order valence-electron chi connectivity index (χ0n) is 18.8. The highest BCUT2D eigenvalue weighted by Crippen LogP contribution is 2.45. The number of ether oxygens (including phenoxy) is 1. The smallest absolute Gasteiger partial charge is 0.229 e. The Hall–Kier alpha value is -2.60. The monoisotopic (exact) mass is 467 g/mol. The predicted octanol–water partition coefficient (Wildman–Crippen LogP) is 3.14. The lowest BCUT2D eigenvalue weighted by Gasteiger charge is -2.48. The number of hydrogen-bond acceptors (Lipinski definition) is 6. The summed E-state index contributed by atoms with van der Waals surface area (Å²) in [5.74, 6) is 0.640. The molecule has 33 heavy (non-hydrogen) atoms. The van der Waals surface area contributed by atoms with Crippen molar-refractivity contribution in [3.05, 3.63) is 58.7 Å². The van der Waals surface area contributed by atoms with Crippen LogP contribution in [0, 0.1) is 11.3 Å². The summed E-state index contributed by atoms with van der Waals surface area (Å²) in [6, 6.07) is 13.9. The summed E-state index contributed by atoms with van der Waals surface area (Å²) in [7, 11) is -3.38. The number of rotatable bonds is 3. The van der Waals surface area contributed by atoms with Crippen LogP contribution in [-0.4, -0.2) is 49.4 Å². The Kier molecular flexibility index (Phi) is 5.60. The Bertz CT molecular complexity index is 1210. The van der Waals surface area contributed by atoms with Gasteiger partial charge in [-0.1, -0.05) is 6.07 Å². The second kappa shape index (κ2) is 8.32. The zero-order valence-corrected chi connectivity index (χ0v) is 19.6. The van der Waals surface area contributed by atoms with E-state index < -0.39 is 16.1 Å². The van der Waals surface area contributed by atoms with E-state index in [0.29, 0.717) is 29.5 Å². The van der Waals surface area contributed by atoms with Gasteiger partial charge in [-0.25, -0.2) is 8.42 Å². The van der Waals surface area contributed by atoms with E-state index in [-0.39, 0.29) is 5.60 Å². The van der Waals surface area contributed by atoms with Crippen molar-refractivity contribution < 1.29 is 18.3 Å². The van der Waals surface area contributed by atoms with Crippen LogP contribution in [0.25, 0.3) is 0 Å². The van der Waals surface area contributed by atoms with E-state index in [1.165, 1.54) is 11.1 Å². The molecule has 2 aliphatic heterocycles. The highest BCUT2D eigenvalue weighted by molar-refractivity contribution is 7.92. The van der Waals surface area contributed by atoms with Gasteiger partial charge in [0.05, 0.1) is 24.0 Å². The van der Waals surface area contributed by atoms with Gasteiger partial charge in [-0.3, -0.25) is 9.62 Å². The van der Waals surface area contributed by atoms with Gasteiger partial charge in [-0.05, 0) is 73.6 Å². The SMILES string of the molecule is CS(=O)(=O)Nc1ccc2c(c1)C(O)CC1(CCN([C@H]3CCc4cc(C#N)ccc4C3)CC1)O2. The number of nitrogens with one attached hydrogen (secondary N) is 1. The lowest BCUT2D eigenvalue weighted by atomic mass is 9.80. The van der Waals surface area contributed by atoms with Crippen molar-refractivity contribution in [3.63, 3.8) is 0 Å². The normalized spacial score (nSPS) is 24.3. The average molecular weight is 468 g/mol. The molecule has 0 amide bonds. The molecule has 1 spiro atoms. The van der Waals surface area contributed by atoms with Crippen molar-refractivity contribution in [1.82, 2.24) is 4.90 Å². The van der Waals surface area contributed by atoms with Crippen molar-refractivity contribution in [2.24, 2.45) is 0 Å². The first-order chi connectivity index (χ1) is 15.7. The van der Waals surface area contributed by atoms with E-state index in [2.05, 4.69) is 21.8 Å². The van der Waals surface area contributed by atoms with E-state index in [1.807, 2.05) is 12.1 Å². The maximum Gasteiger partial charge on any atom is 0.229 e. The van der Waals surface area contributed by atoms with Gasteiger partial charge in [-0.2, -0.15) is 5.26 Å². The summed E-state index contributed by atoms with van der Waals surface area (Å²) in [6.45, 7) is 1.85. The molecule has 8 heteroatoms. The molecule has 174 valence electrons. The lowest BCUT2D eigenvalue weighted by Crippen LogP contribution is -2.53. The summed E-state index contributed by atoms with van der Waals surface area (Å²) in [6.07, 6.45) is 5.75. The molecule has 0 bridgehead atoms. The maximum atomic E-state index is 11.5. The van der Waals surface area contributed by atoms with Gasteiger partial charge in [0, 0.05) is 36.8 Å². The summed E-state index contributed by atoms with van der Waals surface area (Å²) in [5, 5.41) is 20.0. The summed E-state index contributed by atoms with van der Waals surface area (Å²) in [5.41, 5.74) is 4.07. The van der Waals surface area contributed by atoms with Gasteiger partial charge in [0.1, 0.15) is 11.4 Å². The van der Waals surface area contributed by atoms with Gasteiger partial charge in [0.15, 0.2) is 0 Å². The van der Waals surface area contributed by atoms with Gasteiger partial charge in [0.25, 0.3) is 0 Å². The standard InChI is InChI=1S/C25H29N3O4S/c1-33(30,31)27-20-5-7-24-22(14-20)23(29)15-25(32-24)8-10-28(11-9-25)21-6-4-18-12-17(16-26)2-3-19(18)13-21/h2-3,5,7,12,14,21,23,27,29H,4,6,8-11,13,15H2,1H3/t21-,23?/m0/s1. The van der Waals surface area contributed by atoms with Crippen molar-refractivity contribution in [2.75, 3.05) is 24.1 Å². The number of aryl methyl sites for hydroxylation is 1. The Balaban J connectivity index is 1.25. The molecule has 3 aliphatic rings. The third-order valence-corrected chi connectivity index (χ3v) is 7.93. The topological polar surface area (TPSA) is 103 Å². The number of nitrogens with zero attached hydrogens (tertiary/aromatic N) is 2. The number of aliphatic hydroxyl groups excluding tert-OH is 1. The highest BCUT2D eigenvalue weighted by Gasteiger charge is 2.44. The molecular formula is C25H29N3O4S. The Labute approximate surface area is 195 Å². The van der Waals surface area contributed by atoms with E-state index in [9.17, 15) is 13.5 Å². The van der Waals surface area contributed by atoms with Crippen LogP contribution in [0.1, 0.15) is 54.0 Å². The minimum absolute atomic E-state index is 0.386. The molecule has 2 aromatic carbocycles. The lowest BCUT2D eigenvalue weighted by molar-refractivity contribution is -0.0608. The number of aliphatic hydroxyl groups is 1. The van der Waals surface area contributed by atoms with Crippen LogP contribution in [0.15, 0.2) is 36.4 Å². The fourth-order valence-corrected chi connectivity index (χ4v) is 6.19. The molecule has 2 N–H and O–H groups in total. The van der Waals surface area contributed by atoms with E-state index >= 15 is 0 Å². The number of likely N-dealkylation sites (tertiary alicyclic amines) is 1. The van der Waals surface area contributed by atoms with E-state index in [0.717, 1.165) is 57.0 Å². The van der Waals surface area contributed by atoms with Crippen molar-refractivity contribution >= 4 is 15.7 Å². The number of fused-ring (bicyclic) bond motifs is 2. The number of sulfonamides is 1. The molecule has 2 aromatic rings. The number of anilines is 1. The van der Waals surface area contributed by atoms with Crippen molar-refractivity contribution in [2.45, 2.75) is 56.3 Å². The fourth-order valence-electron chi connectivity index (χ4n) is 5.64. The predicted molar refractivity (Wildman–Crippen MR) is 126 cm³/mol. The highest BCUT2D eigenvalue weighted by atomic mass is 32.2. The zero-order chi connectivity index (χ0) is 23.2. The minimum atomic E-state index is -3.38. The molecular weight excluding hydrogens is 438 g/mol. The molecule has 1 saturated heterocycles.